The van der Waals surface area contributed by atoms with Gasteiger partial charge in [-0.3, -0.25) is 4.90 Å². The van der Waals surface area contributed by atoms with E-state index in [0.717, 1.165) is 61.7 Å². The number of carboxylic acids is 1. The Morgan fingerprint density at radius 2 is 1.54 bits per heavy atom. The number of carboxylic acid groups (broad SMARTS) is 1. The summed E-state index contributed by atoms with van der Waals surface area (Å²) in [6.07, 6.45) is -4.47. The van der Waals surface area contributed by atoms with Crippen LogP contribution in [0.15, 0.2) is 72.8 Å². The van der Waals surface area contributed by atoms with Gasteiger partial charge in [-0.05, 0) is 60.0 Å². The Hall–Kier alpha value is -3.96. The predicted molar refractivity (Wildman–Crippen MR) is 142 cm³/mol. The van der Waals surface area contributed by atoms with Crippen LogP contribution < -0.4 is 14.7 Å². The van der Waals surface area contributed by atoms with E-state index in [-0.39, 0.29) is 6.42 Å². The molecule has 0 saturated carbocycles. The second-order valence-corrected chi connectivity index (χ2v) is 9.51. The summed E-state index contributed by atoms with van der Waals surface area (Å²) in [7, 11) is 0. The maximum absolute atomic E-state index is 12.8. The van der Waals surface area contributed by atoms with Gasteiger partial charge in [-0.2, -0.15) is 13.2 Å². The average molecular weight is 536 g/mol. The lowest BCUT2D eigenvalue weighted by atomic mass is 9.96. The Morgan fingerprint density at radius 3 is 2.10 bits per heavy atom. The lowest BCUT2D eigenvalue weighted by Gasteiger charge is -2.36. The van der Waals surface area contributed by atoms with E-state index in [0.29, 0.717) is 12.4 Å². The number of hydrogen-bond donors (Lipinski definition) is 0. The van der Waals surface area contributed by atoms with Gasteiger partial charge in [0.2, 0.25) is 0 Å². The van der Waals surface area contributed by atoms with Gasteiger partial charge in [0.15, 0.2) is 0 Å². The quantitative estimate of drug-likeness (QED) is 0.367. The number of rotatable bonds is 9. The highest BCUT2D eigenvalue weighted by atomic mass is 19.4. The van der Waals surface area contributed by atoms with Crippen LogP contribution in [0.1, 0.15) is 41.5 Å². The molecule has 0 spiro atoms. The second-order valence-electron chi connectivity index (χ2n) is 9.51. The fourth-order valence-electron chi connectivity index (χ4n) is 4.58. The molecule has 0 aromatic heterocycles. The smallest absolute Gasteiger partial charge is 0.416 e. The first-order valence-electron chi connectivity index (χ1n) is 12.8. The fraction of sp³-hybridized carbons (Fsp3) is 0.323. The maximum atomic E-state index is 12.8. The van der Waals surface area contributed by atoms with Gasteiger partial charge in [0.1, 0.15) is 12.4 Å². The first kappa shape index (κ1) is 28.1. The molecule has 1 aliphatic heterocycles. The van der Waals surface area contributed by atoms with Crippen LogP contribution in [0.2, 0.25) is 0 Å². The number of halogens is 3. The van der Waals surface area contributed by atoms with Gasteiger partial charge >= 0.3 is 6.18 Å². The van der Waals surface area contributed by atoms with Crippen LogP contribution in [0.25, 0.3) is 0 Å². The van der Waals surface area contributed by atoms with Crippen LogP contribution in [0.3, 0.4) is 0 Å². The summed E-state index contributed by atoms with van der Waals surface area (Å²) < 4.78 is 44.3. The van der Waals surface area contributed by atoms with Crippen molar-refractivity contribution in [3.8, 4) is 17.6 Å². The van der Waals surface area contributed by atoms with E-state index in [4.69, 9.17) is 4.74 Å². The highest BCUT2D eigenvalue weighted by Crippen LogP contribution is 2.31. The molecule has 1 fully saturated rings. The number of alkyl halides is 3. The highest BCUT2D eigenvalue weighted by Gasteiger charge is 2.30. The summed E-state index contributed by atoms with van der Waals surface area (Å²) in [6.45, 7) is 6.06. The molecule has 0 radical (unpaired) electrons. The molecular formula is C31H30F3N2O3-. The van der Waals surface area contributed by atoms with E-state index in [9.17, 15) is 23.1 Å². The van der Waals surface area contributed by atoms with Crippen molar-refractivity contribution in [3.05, 3.63) is 95.1 Å². The standard InChI is InChI=1S/C31H31F3N2O3/c1-2-3-26(20-30(37)38)25-8-14-29(15-9-25)39-22-24-6-4-23(5-7-24)21-35-16-18-36(19-17-35)28-12-10-27(11-13-28)31(32,33)34/h4-15,26H,16-22H2,1H3,(H,37,38)/p-1/t26-/m0/s1. The van der Waals surface area contributed by atoms with Crippen LogP contribution in [0.5, 0.6) is 5.75 Å². The number of carbonyl (C=O) groups is 1. The topological polar surface area (TPSA) is 55.8 Å². The van der Waals surface area contributed by atoms with Crippen molar-refractivity contribution in [2.75, 3.05) is 31.1 Å². The molecule has 1 atom stereocenters. The van der Waals surface area contributed by atoms with E-state index in [1.54, 1.807) is 19.1 Å². The normalized spacial score (nSPS) is 14.8. The molecule has 0 amide bonds. The number of benzene rings is 3. The molecule has 1 aliphatic rings. The molecule has 1 heterocycles. The van der Waals surface area contributed by atoms with E-state index in [1.165, 1.54) is 5.56 Å². The van der Waals surface area contributed by atoms with Gasteiger partial charge in [0, 0.05) is 50.8 Å². The molecule has 1 saturated heterocycles. The number of anilines is 1. The lowest BCUT2D eigenvalue weighted by Crippen LogP contribution is -2.45. The number of piperazine rings is 1. The maximum Gasteiger partial charge on any atom is 0.416 e. The lowest BCUT2D eigenvalue weighted by molar-refractivity contribution is -0.305. The monoisotopic (exact) mass is 535 g/mol. The molecule has 4 rings (SSSR count). The Morgan fingerprint density at radius 1 is 0.923 bits per heavy atom. The number of carbonyl (C=O) groups excluding carboxylic acids is 1. The second kappa shape index (κ2) is 12.7. The van der Waals surface area contributed by atoms with Gasteiger partial charge < -0.3 is 19.5 Å². The SMILES string of the molecule is CC#C[C@@H](CC(=O)[O-])c1ccc(OCc2ccc(CN3CCN(c4ccc(C(F)(F)F)cc4)CC3)cc2)cc1. The minimum Gasteiger partial charge on any atom is -0.550 e. The molecule has 0 aliphatic carbocycles. The van der Waals surface area contributed by atoms with Crippen molar-refractivity contribution in [2.24, 2.45) is 0 Å². The third kappa shape index (κ3) is 8.01. The molecule has 3 aromatic rings. The molecule has 39 heavy (non-hydrogen) atoms. The minimum absolute atomic E-state index is 0.151. The number of aliphatic carboxylic acids is 1. The molecule has 3 aromatic carbocycles. The van der Waals surface area contributed by atoms with Crippen molar-refractivity contribution >= 4 is 11.7 Å². The molecular weight excluding hydrogens is 505 g/mol. The Bertz CT molecular complexity index is 1290. The summed E-state index contributed by atoms with van der Waals surface area (Å²) in [5, 5.41) is 11.0. The predicted octanol–water partition coefficient (Wildman–Crippen LogP) is 4.85. The van der Waals surface area contributed by atoms with Crippen molar-refractivity contribution in [1.29, 1.82) is 0 Å². The molecule has 0 unspecified atom stereocenters. The van der Waals surface area contributed by atoms with Gasteiger partial charge in [-0.15, -0.1) is 5.92 Å². The molecule has 5 nitrogen and oxygen atoms in total. The van der Waals surface area contributed by atoms with E-state index in [1.807, 2.05) is 36.4 Å². The summed E-state index contributed by atoms with van der Waals surface area (Å²) in [5.41, 5.74) is 3.21. The van der Waals surface area contributed by atoms with Gasteiger partial charge in [-0.1, -0.05) is 42.3 Å². The Labute approximate surface area is 226 Å². The first-order chi connectivity index (χ1) is 18.7. The zero-order chi connectivity index (χ0) is 27.8. The van der Waals surface area contributed by atoms with E-state index in [2.05, 4.69) is 33.8 Å². The van der Waals surface area contributed by atoms with Crippen LogP contribution in [0.4, 0.5) is 18.9 Å². The van der Waals surface area contributed by atoms with Gasteiger partial charge in [0.25, 0.3) is 0 Å². The van der Waals surface area contributed by atoms with Crippen LogP contribution >= 0.6 is 0 Å². The largest absolute Gasteiger partial charge is 0.550 e. The van der Waals surface area contributed by atoms with Crippen LogP contribution in [-0.4, -0.2) is 37.0 Å². The average Bonchev–Trinajstić information content (AvgIpc) is 2.93. The van der Waals surface area contributed by atoms with E-state index < -0.39 is 23.6 Å². The number of nitrogens with zero attached hydrogens (tertiary/aromatic N) is 2. The number of ether oxygens (including phenoxy) is 1. The van der Waals surface area contributed by atoms with Crippen LogP contribution in [-0.2, 0) is 24.1 Å². The van der Waals surface area contributed by atoms with Crippen molar-refractivity contribution < 1.29 is 27.8 Å². The molecule has 8 heteroatoms. The minimum atomic E-state index is -4.32. The fourth-order valence-corrected chi connectivity index (χ4v) is 4.58. The van der Waals surface area contributed by atoms with Crippen LogP contribution in [0, 0.1) is 11.8 Å². The third-order valence-corrected chi connectivity index (χ3v) is 6.74. The first-order valence-corrected chi connectivity index (χ1v) is 12.8. The van der Waals surface area contributed by atoms with Crippen molar-refractivity contribution in [1.82, 2.24) is 4.90 Å². The highest BCUT2D eigenvalue weighted by molar-refractivity contribution is 5.66. The van der Waals surface area contributed by atoms with Crippen molar-refractivity contribution in [3.63, 3.8) is 0 Å². The Balaban J connectivity index is 1.23. The molecule has 0 N–H and O–H groups in total. The molecule has 204 valence electrons. The summed E-state index contributed by atoms with van der Waals surface area (Å²) in [5.74, 6) is 4.82. The summed E-state index contributed by atoms with van der Waals surface area (Å²) in [4.78, 5) is 15.4. The summed E-state index contributed by atoms with van der Waals surface area (Å²) in [6, 6.07) is 20.9. The van der Waals surface area contributed by atoms with Gasteiger partial charge in [-0.25, -0.2) is 0 Å². The number of hydrogen-bond acceptors (Lipinski definition) is 5. The Kier molecular flexibility index (Phi) is 9.15. The third-order valence-electron chi connectivity index (χ3n) is 6.74. The zero-order valence-corrected chi connectivity index (χ0v) is 21.7. The van der Waals surface area contributed by atoms with Crippen molar-refractivity contribution in [2.45, 2.75) is 38.6 Å². The summed E-state index contributed by atoms with van der Waals surface area (Å²) >= 11 is 0. The van der Waals surface area contributed by atoms with E-state index >= 15 is 0 Å². The zero-order valence-electron chi connectivity index (χ0n) is 21.7. The molecule has 0 bridgehead atoms. The van der Waals surface area contributed by atoms with Gasteiger partial charge in [0.05, 0.1) is 11.5 Å².